The molecule has 0 radical (unpaired) electrons. The molecule has 1 amide bonds. The first-order valence-electron chi connectivity index (χ1n) is 8.61. The van der Waals surface area contributed by atoms with E-state index >= 15 is 0 Å². The summed E-state index contributed by atoms with van der Waals surface area (Å²) >= 11 is 0. The highest BCUT2D eigenvalue weighted by atomic mass is 32.2. The SMILES string of the molecule is O=C(c1cc(-c2ccco2)on1)N1CCN(S(=O)(=O)c2ccc(F)c(F)c2)CC1. The molecule has 29 heavy (non-hydrogen) atoms. The highest BCUT2D eigenvalue weighted by Crippen LogP contribution is 2.23. The van der Waals surface area contributed by atoms with E-state index in [2.05, 4.69) is 5.16 Å². The van der Waals surface area contributed by atoms with Gasteiger partial charge in [0.1, 0.15) is 0 Å². The second-order valence-corrected chi connectivity index (χ2v) is 8.26. The molecule has 8 nitrogen and oxygen atoms in total. The number of benzene rings is 1. The van der Waals surface area contributed by atoms with Crippen LogP contribution in [0.5, 0.6) is 0 Å². The monoisotopic (exact) mass is 423 g/mol. The van der Waals surface area contributed by atoms with E-state index in [1.54, 1.807) is 12.1 Å². The summed E-state index contributed by atoms with van der Waals surface area (Å²) in [5.41, 5.74) is 0.0771. The molecule has 11 heteroatoms. The quantitative estimate of drug-likeness (QED) is 0.639. The minimum absolute atomic E-state index is 0.00988. The normalized spacial score (nSPS) is 15.6. The second-order valence-electron chi connectivity index (χ2n) is 6.33. The molecule has 2 aromatic heterocycles. The van der Waals surface area contributed by atoms with E-state index in [1.807, 2.05) is 0 Å². The maximum atomic E-state index is 13.4. The van der Waals surface area contributed by atoms with Crippen LogP contribution in [0.4, 0.5) is 8.78 Å². The molecule has 152 valence electrons. The Labute approximate surface area is 164 Å². The van der Waals surface area contributed by atoms with Crippen LogP contribution in [0.3, 0.4) is 0 Å². The Hall–Kier alpha value is -3.05. The molecule has 3 aromatic rings. The van der Waals surface area contributed by atoms with Crippen molar-refractivity contribution in [2.45, 2.75) is 4.90 Å². The molecular formula is C18H15F2N3O5S. The Morgan fingerprint density at radius 2 is 1.76 bits per heavy atom. The molecule has 4 rings (SSSR count). The summed E-state index contributed by atoms with van der Waals surface area (Å²) in [7, 11) is -4.00. The van der Waals surface area contributed by atoms with Gasteiger partial charge in [0, 0.05) is 32.2 Å². The fourth-order valence-electron chi connectivity index (χ4n) is 2.99. The van der Waals surface area contributed by atoms with Crippen LogP contribution in [0.1, 0.15) is 10.5 Å². The average molecular weight is 423 g/mol. The summed E-state index contributed by atoms with van der Waals surface area (Å²) in [6, 6.07) is 7.21. The summed E-state index contributed by atoms with van der Waals surface area (Å²) in [5.74, 6) is -2.03. The van der Waals surface area contributed by atoms with Gasteiger partial charge in [-0.25, -0.2) is 17.2 Å². The fourth-order valence-corrected chi connectivity index (χ4v) is 4.43. The number of amides is 1. The van der Waals surface area contributed by atoms with E-state index in [9.17, 15) is 22.0 Å². The third-order valence-electron chi connectivity index (χ3n) is 4.55. The summed E-state index contributed by atoms with van der Waals surface area (Å²) in [5, 5.41) is 3.75. The number of carbonyl (C=O) groups excluding carboxylic acids is 1. The van der Waals surface area contributed by atoms with Crippen molar-refractivity contribution in [3.8, 4) is 11.5 Å². The van der Waals surface area contributed by atoms with Gasteiger partial charge in [0.25, 0.3) is 5.91 Å². The predicted molar refractivity (Wildman–Crippen MR) is 95.2 cm³/mol. The van der Waals surface area contributed by atoms with Crippen molar-refractivity contribution in [3.05, 3.63) is 60.0 Å². The molecule has 1 aliphatic rings. The van der Waals surface area contributed by atoms with Gasteiger partial charge < -0.3 is 13.8 Å². The van der Waals surface area contributed by atoms with Crippen molar-refractivity contribution < 1.29 is 30.9 Å². The number of sulfonamides is 1. The summed E-state index contributed by atoms with van der Waals surface area (Å²) in [4.78, 5) is 13.7. The van der Waals surface area contributed by atoms with Gasteiger partial charge in [0.15, 0.2) is 23.1 Å². The number of halogens is 2. The first kappa shape index (κ1) is 19.3. The van der Waals surface area contributed by atoms with Gasteiger partial charge in [-0.05, 0) is 30.3 Å². The lowest BCUT2D eigenvalue weighted by molar-refractivity contribution is 0.0687. The summed E-state index contributed by atoms with van der Waals surface area (Å²) in [6.45, 7) is 0.251. The molecule has 0 aliphatic carbocycles. The zero-order valence-electron chi connectivity index (χ0n) is 14.9. The molecule has 3 heterocycles. The molecule has 0 bridgehead atoms. The summed E-state index contributed by atoms with van der Waals surface area (Å²) in [6.07, 6.45) is 1.46. The van der Waals surface area contributed by atoms with Crippen molar-refractivity contribution in [3.63, 3.8) is 0 Å². The van der Waals surface area contributed by atoms with E-state index in [0.29, 0.717) is 17.6 Å². The van der Waals surface area contributed by atoms with E-state index in [0.717, 1.165) is 16.4 Å². The lowest BCUT2D eigenvalue weighted by Gasteiger charge is -2.33. The first-order valence-corrected chi connectivity index (χ1v) is 10.1. The predicted octanol–water partition coefficient (Wildman–Crippen LogP) is 2.36. The third kappa shape index (κ3) is 3.66. The molecule has 1 fully saturated rings. The van der Waals surface area contributed by atoms with Gasteiger partial charge in [-0.1, -0.05) is 5.16 Å². The Bertz CT molecular complexity index is 1140. The van der Waals surface area contributed by atoms with Gasteiger partial charge in [-0.15, -0.1) is 0 Å². The molecule has 0 unspecified atom stereocenters. The lowest BCUT2D eigenvalue weighted by Crippen LogP contribution is -2.50. The molecule has 0 atom stereocenters. The van der Waals surface area contributed by atoms with Crippen LogP contribution in [-0.2, 0) is 10.0 Å². The van der Waals surface area contributed by atoms with Crippen LogP contribution in [0.25, 0.3) is 11.5 Å². The van der Waals surface area contributed by atoms with Crippen LogP contribution in [-0.4, -0.2) is 54.9 Å². The van der Waals surface area contributed by atoms with Crippen LogP contribution >= 0.6 is 0 Å². The smallest absolute Gasteiger partial charge is 0.276 e. The largest absolute Gasteiger partial charge is 0.461 e. The topological polar surface area (TPSA) is 96.9 Å². The molecule has 1 aliphatic heterocycles. The maximum absolute atomic E-state index is 13.4. The summed E-state index contributed by atoms with van der Waals surface area (Å²) < 4.78 is 63.2. The molecule has 1 aromatic carbocycles. The van der Waals surface area contributed by atoms with Crippen molar-refractivity contribution in [2.24, 2.45) is 0 Å². The number of piperazine rings is 1. The highest BCUT2D eigenvalue weighted by molar-refractivity contribution is 7.89. The number of carbonyl (C=O) groups is 1. The standard InChI is InChI=1S/C18H15F2N3O5S/c19-13-4-3-12(10-14(13)20)29(25,26)23-7-5-22(6-8-23)18(24)15-11-17(28-21-15)16-2-1-9-27-16/h1-4,9-11H,5-8H2. The van der Waals surface area contributed by atoms with Crippen molar-refractivity contribution in [2.75, 3.05) is 26.2 Å². The second kappa shape index (κ2) is 7.41. The number of hydrogen-bond donors (Lipinski definition) is 0. The van der Waals surface area contributed by atoms with E-state index in [4.69, 9.17) is 8.94 Å². The zero-order chi connectivity index (χ0) is 20.6. The Morgan fingerprint density at radius 3 is 2.41 bits per heavy atom. The van der Waals surface area contributed by atoms with E-state index in [-0.39, 0.29) is 36.8 Å². The Kier molecular flexibility index (Phi) is 4.92. The minimum atomic E-state index is -4.00. The molecule has 0 N–H and O–H groups in total. The van der Waals surface area contributed by atoms with Gasteiger partial charge in [0.2, 0.25) is 15.8 Å². The first-order chi connectivity index (χ1) is 13.9. The van der Waals surface area contributed by atoms with Gasteiger partial charge >= 0.3 is 0 Å². The number of aromatic nitrogens is 1. The lowest BCUT2D eigenvalue weighted by atomic mass is 10.2. The number of furan rings is 1. The molecule has 0 spiro atoms. The van der Waals surface area contributed by atoms with E-state index in [1.165, 1.54) is 17.2 Å². The van der Waals surface area contributed by atoms with Gasteiger partial charge in [-0.3, -0.25) is 4.79 Å². The average Bonchev–Trinajstić information content (AvgIpc) is 3.41. The van der Waals surface area contributed by atoms with Crippen LogP contribution in [0.15, 0.2) is 56.5 Å². The Balaban J connectivity index is 1.43. The molecule has 1 saturated heterocycles. The molecule has 0 saturated carbocycles. The van der Waals surface area contributed by atoms with Gasteiger partial charge in [0.05, 0.1) is 11.2 Å². The number of hydrogen-bond acceptors (Lipinski definition) is 6. The fraction of sp³-hybridized carbons (Fsp3) is 0.222. The number of nitrogens with zero attached hydrogens (tertiary/aromatic N) is 3. The molecular weight excluding hydrogens is 408 g/mol. The van der Waals surface area contributed by atoms with E-state index < -0.39 is 27.6 Å². The van der Waals surface area contributed by atoms with Crippen LogP contribution in [0, 0.1) is 11.6 Å². The Morgan fingerprint density at radius 1 is 1.00 bits per heavy atom. The van der Waals surface area contributed by atoms with Crippen molar-refractivity contribution >= 4 is 15.9 Å². The third-order valence-corrected chi connectivity index (χ3v) is 6.44. The van der Waals surface area contributed by atoms with Crippen LogP contribution in [0.2, 0.25) is 0 Å². The van der Waals surface area contributed by atoms with Crippen molar-refractivity contribution in [1.82, 2.24) is 14.4 Å². The van der Waals surface area contributed by atoms with Crippen LogP contribution < -0.4 is 0 Å². The number of rotatable bonds is 4. The maximum Gasteiger partial charge on any atom is 0.276 e. The zero-order valence-corrected chi connectivity index (χ0v) is 15.7. The van der Waals surface area contributed by atoms with Gasteiger partial charge in [-0.2, -0.15) is 4.31 Å². The highest BCUT2D eigenvalue weighted by Gasteiger charge is 2.32. The van der Waals surface area contributed by atoms with Crippen molar-refractivity contribution in [1.29, 1.82) is 0 Å². The minimum Gasteiger partial charge on any atom is -0.461 e.